The number of nitrogens with two attached hydrogens (primary N) is 1. The first-order chi connectivity index (χ1) is 6.98. The maximum atomic E-state index is 11.8. The fourth-order valence-corrected chi connectivity index (χ4v) is 1.60. The van der Waals surface area contributed by atoms with E-state index in [-0.39, 0.29) is 11.4 Å². The number of carbonyl (C=O) groups excluding carboxylic acids is 1. The van der Waals surface area contributed by atoms with Crippen LogP contribution in [0.2, 0.25) is 0 Å². The predicted octanol–water partition coefficient (Wildman–Crippen LogP) is 1.86. The maximum Gasteiger partial charge on any atom is 0.251 e. The summed E-state index contributed by atoms with van der Waals surface area (Å²) in [6, 6.07) is 5.43. The summed E-state index contributed by atoms with van der Waals surface area (Å²) in [5, 5.41) is 3.01. The molecule has 0 spiro atoms. The molecule has 0 radical (unpaired) electrons. The van der Waals surface area contributed by atoms with E-state index in [4.69, 9.17) is 5.73 Å². The molecule has 2 rings (SSSR count). The van der Waals surface area contributed by atoms with E-state index in [9.17, 15) is 4.79 Å². The van der Waals surface area contributed by atoms with Gasteiger partial charge in [-0.2, -0.15) is 0 Å². The SMILES string of the molecule is Cc1cc(N)cc(C(=O)NC2(C)CC2)c1. The van der Waals surface area contributed by atoms with Crippen molar-refractivity contribution in [2.75, 3.05) is 5.73 Å². The molecule has 1 amide bonds. The third kappa shape index (κ3) is 2.29. The number of rotatable bonds is 2. The highest BCUT2D eigenvalue weighted by molar-refractivity contribution is 5.95. The Morgan fingerprint density at radius 3 is 2.60 bits per heavy atom. The highest BCUT2D eigenvalue weighted by Gasteiger charge is 2.38. The summed E-state index contributed by atoms with van der Waals surface area (Å²) in [6.45, 7) is 4.00. The van der Waals surface area contributed by atoms with E-state index in [0.717, 1.165) is 18.4 Å². The van der Waals surface area contributed by atoms with Gasteiger partial charge in [-0.3, -0.25) is 4.79 Å². The van der Waals surface area contributed by atoms with Crippen molar-refractivity contribution in [1.82, 2.24) is 5.32 Å². The van der Waals surface area contributed by atoms with Crippen LogP contribution in [0.25, 0.3) is 0 Å². The highest BCUT2D eigenvalue weighted by atomic mass is 16.1. The average Bonchev–Trinajstić information content (AvgIpc) is 2.81. The molecule has 0 aliphatic heterocycles. The third-order valence-corrected chi connectivity index (χ3v) is 2.78. The van der Waals surface area contributed by atoms with Gasteiger partial charge in [0, 0.05) is 16.8 Å². The molecule has 3 heteroatoms. The van der Waals surface area contributed by atoms with Gasteiger partial charge < -0.3 is 11.1 Å². The van der Waals surface area contributed by atoms with Gasteiger partial charge in [-0.25, -0.2) is 0 Å². The van der Waals surface area contributed by atoms with Crippen molar-refractivity contribution < 1.29 is 4.79 Å². The third-order valence-electron chi connectivity index (χ3n) is 2.78. The summed E-state index contributed by atoms with van der Waals surface area (Å²) in [5.74, 6) is -0.0228. The number of anilines is 1. The number of nitrogens with one attached hydrogen (secondary N) is 1. The van der Waals surface area contributed by atoms with E-state index in [0.29, 0.717) is 11.3 Å². The molecule has 3 nitrogen and oxygen atoms in total. The Balaban J connectivity index is 2.17. The van der Waals surface area contributed by atoms with E-state index in [1.165, 1.54) is 0 Å². The van der Waals surface area contributed by atoms with Crippen LogP contribution >= 0.6 is 0 Å². The van der Waals surface area contributed by atoms with Crippen LogP contribution in [-0.2, 0) is 0 Å². The average molecular weight is 204 g/mol. The van der Waals surface area contributed by atoms with Crippen LogP contribution in [0, 0.1) is 6.92 Å². The summed E-state index contributed by atoms with van der Waals surface area (Å²) in [4.78, 5) is 11.8. The lowest BCUT2D eigenvalue weighted by molar-refractivity contribution is 0.0935. The van der Waals surface area contributed by atoms with E-state index >= 15 is 0 Å². The smallest absolute Gasteiger partial charge is 0.251 e. The minimum Gasteiger partial charge on any atom is -0.399 e. The Morgan fingerprint density at radius 1 is 1.40 bits per heavy atom. The van der Waals surface area contributed by atoms with Gasteiger partial charge in [0.2, 0.25) is 0 Å². The van der Waals surface area contributed by atoms with Gasteiger partial charge in [-0.1, -0.05) is 0 Å². The first-order valence-electron chi connectivity index (χ1n) is 5.18. The van der Waals surface area contributed by atoms with Crippen LogP contribution in [0.5, 0.6) is 0 Å². The monoisotopic (exact) mass is 204 g/mol. The Bertz CT molecular complexity index is 388. The molecular weight excluding hydrogens is 188 g/mol. The lowest BCUT2D eigenvalue weighted by Crippen LogP contribution is -2.34. The molecule has 0 saturated heterocycles. The Hall–Kier alpha value is -1.51. The Labute approximate surface area is 89.7 Å². The molecule has 1 fully saturated rings. The summed E-state index contributed by atoms with van der Waals surface area (Å²) >= 11 is 0. The number of hydrogen-bond acceptors (Lipinski definition) is 2. The summed E-state index contributed by atoms with van der Waals surface area (Å²) in [5.41, 5.74) is 8.03. The highest BCUT2D eigenvalue weighted by Crippen LogP contribution is 2.34. The van der Waals surface area contributed by atoms with E-state index in [2.05, 4.69) is 12.2 Å². The van der Waals surface area contributed by atoms with E-state index in [1.54, 1.807) is 6.07 Å². The number of aryl methyl sites for hydroxylation is 1. The van der Waals surface area contributed by atoms with Gasteiger partial charge in [0.25, 0.3) is 5.91 Å². The van der Waals surface area contributed by atoms with Crippen molar-refractivity contribution >= 4 is 11.6 Å². The van der Waals surface area contributed by atoms with E-state index in [1.807, 2.05) is 19.1 Å². The first-order valence-corrected chi connectivity index (χ1v) is 5.18. The zero-order valence-electron chi connectivity index (χ0n) is 9.13. The molecule has 0 aromatic heterocycles. The second-order valence-electron chi connectivity index (χ2n) is 4.65. The van der Waals surface area contributed by atoms with Gasteiger partial charge in [-0.15, -0.1) is 0 Å². The van der Waals surface area contributed by atoms with Gasteiger partial charge in [0.05, 0.1) is 0 Å². The molecule has 1 saturated carbocycles. The number of nitrogen functional groups attached to an aromatic ring is 1. The number of benzene rings is 1. The van der Waals surface area contributed by atoms with Crippen LogP contribution in [0.3, 0.4) is 0 Å². The normalized spacial score (nSPS) is 17.2. The quantitative estimate of drug-likeness (QED) is 0.722. The molecule has 0 atom stereocenters. The fraction of sp³-hybridized carbons (Fsp3) is 0.417. The van der Waals surface area contributed by atoms with Crippen molar-refractivity contribution in [1.29, 1.82) is 0 Å². The van der Waals surface area contributed by atoms with Crippen molar-refractivity contribution in [3.63, 3.8) is 0 Å². The summed E-state index contributed by atoms with van der Waals surface area (Å²) < 4.78 is 0. The largest absolute Gasteiger partial charge is 0.399 e. The van der Waals surface area contributed by atoms with Crippen LogP contribution in [-0.4, -0.2) is 11.4 Å². The van der Waals surface area contributed by atoms with Crippen LogP contribution in [0.15, 0.2) is 18.2 Å². The fourth-order valence-electron chi connectivity index (χ4n) is 1.60. The molecule has 1 aromatic rings. The first kappa shape index (κ1) is 10.0. The van der Waals surface area contributed by atoms with Gasteiger partial charge >= 0.3 is 0 Å². The standard InChI is InChI=1S/C12H16N2O/c1-8-5-9(7-10(13)6-8)11(15)14-12(2)3-4-12/h5-7H,3-4,13H2,1-2H3,(H,14,15). The van der Waals surface area contributed by atoms with Crippen LogP contribution in [0.1, 0.15) is 35.7 Å². The van der Waals surface area contributed by atoms with Gasteiger partial charge in [-0.05, 0) is 50.5 Å². The van der Waals surface area contributed by atoms with Crippen LogP contribution < -0.4 is 11.1 Å². The second-order valence-corrected chi connectivity index (χ2v) is 4.65. The topological polar surface area (TPSA) is 55.1 Å². The number of hydrogen-bond donors (Lipinski definition) is 2. The predicted molar refractivity (Wildman–Crippen MR) is 60.7 cm³/mol. The van der Waals surface area contributed by atoms with Crippen molar-refractivity contribution in [2.45, 2.75) is 32.2 Å². The Morgan fingerprint density at radius 2 is 2.07 bits per heavy atom. The maximum absolute atomic E-state index is 11.8. The van der Waals surface area contributed by atoms with Gasteiger partial charge in [0.1, 0.15) is 0 Å². The zero-order chi connectivity index (χ0) is 11.1. The minimum absolute atomic E-state index is 0.0228. The molecule has 0 bridgehead atoms. The second kappa shape index (κ2) is 3.26. The molecule has 0 unspecified atom stereocenters. The number of carbonyl (C=O) groups is 1. The molecular formula is C12H16N2O. The van der Waals surface area contributed by atoms with Gasteiger partial charge in [0.15, 0.2) is 0 Å². The van der Waals surface area contributed by atoms with Crippen molar-refractivity contribution in [3.05, 3.63) is 29.3 Å². The molecule has 15 heavy (non-hydrogen) atoms. The van der Waals surface area contributed by atoms with E-state index < -0.39 is 0 Å². The van der Waals surface area contributed by atoms with Crippen molar-refractivity contribution in [2.24, 2.45) is 0 Å². The molecule has 1 aliphatic rings. The Kier molecular flexibility index (Phi) is 2.18. The molecule has 1 aliphatic carbocycles. The zero-order valence-corrected chi connectivity index (χ0v) is 9.13. The molecule has 0 heterocycles. The summed E-state index contributed by atoms with van der Waals surface area (Å²) in [7, 11) is 0. The lowest BCUT2D eigenvalue weighted by atomic mass is 10.1. The lowest BCUT2D eigenvalue weighted by Gasteiger charge is -2.12. The molecule has 1 aromatic carbocycles. The number of amides is 1. The van der Waals surface area contributed by atoms with Crippen LogP contribution in [0.4, 0.5) is 5.69 Å². The van der Waals surface area contributed by atoms with Crippen molar-refractivity contribution in [3.8, 4) is 0 Å². The minimum atomic E-state index is -0.0228. The molecule has 80 valence electrons. The molecule has 3 N–H and O–H groups in total. The summed E-state index contributed by atoms with van der Waals surface area (Å²) in [6.07, 6.45) is 2.14.